The van der Waals surface area contributed by atoms with E-state index >= 15 is 0 Å². The Hall–Kier alpha value is -3.43. The molecule has 1 amide bonds. The second-order valence-electron chi connectivity index (χ2n) is 5.81. The van der Waals surface area contributed by atoms with E-state index in [0.29, 0.717) is 5.56 Å². The first-order valence-electron chi connectivity index (χ1n) is 7.74. The number of nitro benzene ring substituents is 1. The predicted molar refractivity (Wildman–Crippen MR) is 91.2 cm³/mol. The molecule has 1 N–H and O–H groups in total. The van der Waals surface area contributed by atoms with Crippen LogP contribution in [0.1, 0.15) is 11.4 Å². The smallest absolute Gasteiger partial charge is 0.324 e. The summed E-state index contributed by atoms with van der Waals surface area (Å²) in [6, 6.07) is 9.99. The monoisotopic (exact) mass is 378 g/mol. The predicted octanol–water partition coefficient (Wildman–Crippen LogP) is 3.91. The van der Waals surface area contributed by atoms with Crippen LogP contribution in [0.2, 0.25) is 0 Å². The van der Waals surface area contributed by atoms with E-state index in [2.05, 4.69) is 10.3 Å². The van der Waals surface area contributed by atoms with Gasteiger partial charge in [0.25, 0.3) is 5.69 Å². The molecule has 3 aromatic rings. The summed E-state index contributed by atoms with van der Waals surface area (Å²) < 4.78 is 40.6. The number of hydrogen-bond acceptors (Lipinski definition) is 4. The normalized spacial score (nSPS) is 11.6. The first kappa shape index (κ1) is 18.4. The minimum atomic E-state index is -4.73. The Balaban J connectivity index is 1.91. The van der Waals surface area contributed by atoms with Crippen molar-refractivity contribution < 1.29 is 22.9 Å². The van der Waals surface area contributed by atoms with Crippen molar-refractivity contribution in [2.45, 2.75) is 19.6 Å². The topological polar surface area (TPSA) is 90.1 Å². The van der Waals surface area contributed by atoms with Gasteiger partial charge in [0, 0.05) is 17.3 Å². The van der Waals surface area contributed by atoms with Gasteiger partial charge < -0.3 is 9.88 Å². The van der Waals surface area contributed by atoms with Crippen LogP contribution in [0.5, 0.6) is 0 Å². The molecule has 0 fully saturated rings. The SMILES string of the molecule is Cc1ccc(NC(=O)Cn2c(C(F)(F)F)nc3ccccc32)cc1[N+](=O)[O-]. The summed E-state index contributed by atoms with van der Waals surface area (Å²) in [7, 11) is 0. The van der Waals surface area contributed by atoms with Gasteiger partial charge in [0.15, 0.2) is 0 Å². The van der Waals surface area contributed by atoms with E-state index in [1.54, 1.807) is 12.1 Å². The fourth-order valence-electron chi connectivity index (χ4n) is 2.68. The minimum absolute atomic E-state index is 0.114. The Kier molecular flexibility index (Phi) is 4.56. The van der Waals surface area contributed by atoms with Gasteiger partial charge >= 0.3 is 6.18 Å². The standard InChI is InChI=1S/C17H13F3N4O3/c1-10-6-7-11(8-14(10)24(26)27)21-15(25)9-23-13-5-3-2-4-12(13)22-16(23)17(18,19)20/h2-8H,9H2,1H3,(H,21,25). The van der Waals surface area contributed by atoms with Crippen molar-refractivity contribution in [2.24, 2.45) is 0 Å². The lowest BCUT2D eigenvalue weighted by molar-refractivity contribution is -0.385. The van der Waals surface area contributed by atoms with Crippen molar-refractivity contribution >= 4 is 28.3 Å². The number of nitrogens with zero attached hydrogens (tertiary/aromatic N) is 3. The van der Waals surface area contributed by atoms with Gasteiger partial charge in [0.1, 0.15) is 6.54 Å². The van der Waals surface area contributed by atoms with Crippen molar-refractivity contribution in [1.29, 1.82) is 0 Å². The van der Waals surface area contributed by atoms with Gasteiger partial charge in [-0.3, -0.25) is 14.9 Å². The molecule has 0 unspecified atom stereocenters. The van der Waals surface area contributed by atoms with Crippen molar-refractivity contribution in [1.82, 2.24) is 9.55 Å². The summed E-state index contributed by atoms with van der Waals surface area (Å²) in [5, 5.41) is 13.4. The fourth-order valence-corrected chi connectivity index (χ4v) is 2.68. The molecule has 0 saturated heterocycles. The summed E-state index contributed by atoms with van der Waals surface area (Å²) in [6.07, 6.45) is -4.73. The van der Waals surface area contributed by atoms with Gasteiger partial charge in [-0.05, 0) is 25.1 Å². The molecule has 0 aliphatic heterocycles. The number of carbonyl (C=O) groups is 1. The number of hydrogen-bond donors (Lipinski definition) is 1. The molecule has 7 nitrogen and oxygen atoms in total. The zero-order valence-electron chi connectivity index (χ0n) is 13.9. The van der Waals surface area contributed by atoms with E-state index < -0.39 is 29.4 Å². The highest BCUT2D eigenvalue weighted by Crippen LogP contribution is 2.31. The Morgan fingerprint density at radius 3 is 2.63 bits per heavy atom. The molecule has 0 bridgehead atoms. The van der Waals surface area contributed by atoms with Crippen LogP contribution >= 0.6 is 0 Å². The van der Waals surface area contributed by atoms with Crippen molar-refractivity contribution in [3.63, 3.8) is 0 Å². The molecule has 0 aliphatic carbocycles. The number of halogens is 3. The van der Waals surface area contributed by atoms with Crippen LogP contribution in [0, 0.1) is 17.0 Å². The van der Waals surface area contributed by atoms with Gasteiger partial charge in [-0.15, -0.1) is 0 Å². The van der Waals surface area contributed by atoms with Crippen LogP contribution in [0.4, 0.5) is 24.5 Å². The number of para-hydroxylation sites is 2. The van der Waals surface area contributed by atoms with Gasteiger partial charge in [-0.2, -0.15) is 13.2 Å². The second-order valence-corrected chi connectivity index (χ2v) is 5.81. The van der Waals surface area contributed by atoms with E-state index in [9.17, 15) is 28.1 Å². The third kappa shape index (κ3) is 3.73. The highest BCUT2D eigenvalue weighted by molar-refractivity contribution is 5.92. The molecule has 1 aromatic heterocycles. The molecule has 2 aromatic carbocycles. The molecule has 0 aliphatic rings. The number of nitro groups is 1. The molecular formula is C17H13F3N4O3. The van der Waals surface area contributed by atoms with Crippen molar-refractivity contribution in [2.75, 3.05) is 5.32 Å². The summed E-state index contributed by atoms with van der Waals surface area (Å²) in [6.45, 7) is 0.897. The number of fused-ring (bicyclic) bond motifs is 1. The van der Waals surface area contributed by atoms with Gasteiger partial charge in [0.05, 0.1) is 16.0 Å². The average molecular weight is 378 g/mol. The molecule has 0 atom stereocenters. The Morgan fingerprint density at radius 1 is 1.26 bits per heavy atom. The molecule has 10 heteroatoms. The lowest BCUT2D eigenvalue weighted by atomic mass is 10.2. The number of rotatable bonds is 4. The van der Waals surface area contributed by atoms with Crippen molar-refractivity contribution in [3.05, 3.63) is 64.0 Å². The number of aryl methyl sites for hydroxylation is 1. The summed E-state index contributed by atoms with van der Waals surface area (Å²) in [4.78, 5) is 26.2. The van der Waals surface area contributed by atoms with Crippen molar-refractivity contribution in [3.8, 4) is 0 Å². The Morgan fingerprint density at radius 2 is 1.96 bits per heavy atom. The third-order valence-corrected chi connectivity index (χ3v) is 3.90. The lowest BCUT2D eigenvalue weighted by Gasteiger charge is -2.12. The summed E-state index contributed by atoms with van der Waals surface area (Å²) >= 11 is 0. The van der Waals surface area contributed by atoms with Crippen LogP contribution in [0.3, 0.4) is 0 Å². The number of imidazole rings is 1. The molecule has 140 valence electrons. The Bertz CT molecular complexity index is 1040. The maximum Gasteiger partial charge on any atom is 0.449 e. The zero-order valence-corrected chi connectivity index (χ0v) is 13.9. The highest BCUT2D eigenvalue weighted by atomic mass is 19.4. The number of amides is 1. The van der Waals surface area contributed by atoms with E-state index in [-0.39, 0.29) is 22.4 Å². The molecular weight excluding hydrogens is 365 g/mol. The average Bonchev–Trinajstić information content (AvgIpc) is 2.95. The van der Waals surface area contributed by atoms with Gasteiger partial charge in [-0.25, -0.2) is 4.98 Å². The first-order valence-corrected chi connectivity index (χ1v) is 7.74. The summed E-state index contributed by atoms with van der Waals surface area (Å²) in [5.74, 6) is -1.95. The van der Waals surface area contributed by atoms with E-state index in [1.807, 2.05) is 0 Å². The Labute approximate surface area is 150 Å². The fraction of sp³-hybridized carbons (Fsp3) is 0.176. The number of alkyl halides is 3. The highest BCUT2D eigenvalue weighted by Gasteiger charge is 2.38. The molecule has 3 rings (SSSR count). The largest absolute Gasteiger partial charge is 0.449 e. The van der Waals surface area contributed by atoms with Gasteiger partial charge in [-0.1, -0.05) is 18.2 Å². The minimum Gasteiger partial charge on any atom is -0.324 e. The number of nitrogens with one attached hydrogen (secondary N) is 1. The quantitative estimate of drug-likeness (QED) is 0.551. The summed E-state index contributed by atoms with van der Waals surface area (Å²) in [5.41, 5.74) is 0.601. The van der Waals surface area contributed by atoms with E-state index in [1.165, 1.54) is 31.2 Å². The number of carbonyl (C=O) groups excluding carboxylic acids is 1. The van der Waals surface area contributed by atoms with Crippen LogP contribution in [0.15, 0.2) is 42.5 Å². The number of aromatic nitrogens is 2. The maximum atomic E-state index is 13.3. The van der Waals surface area contributed by atoms with Gasteiger partial charge in [0.2, 0.25) is 11.7 Å². The molecule has 0 spiro atoms. The second kappa shape index (κ2) is 6.71. The van der Waals surface area contributed by atoms with E-state index in [4.69, 9.17) is 0 Å². The van der Waals surface area contributed by atoms with E-state index in [0.717, 1.165) is 10.6 Å². The molecule has 1 heterocycles. The number of anilines is 1. The van der Waals surface area contributed by atoms with Crippen LogP contribution in [0.25, 0.3) is 11.0 Å². The molecule has 0 saturated carbocycles. The van der Waals surface area contributed by atoms with Crippen LogP contribution < -0.4 is 5.32 Å². The lowest BCUT2D eigenvalue weighted by Crippen LogP contribution is -2.23. The number of benzene rings is 2. The third-order valence-electron chi connectivity index (χ3n) is 3.90. The molecule has 0 radical (unpaired) electrons. The first-order chi connectivity index (χ1) is 12.7. The van der Waals surface area contributed by atoms with Crippen LogP contribution in [-0.2, 0) is 17.5 Å². The molecule has 27 heavy (non-hydrogen) atoms. The maximum absolute atomic E-state index is 13.3. The zero-order chi connectivity index (χ0) is 19.8. The van der Waals surface area contributed by atoms with Crippen LogP contribution in [-0.4, -0.2) is 20.4 Å².